The molecular formula is C8H16N2O4. The lowest BCUT2D eigenvalue weighted by Crippen LogP contribution is -2.49. The number of amides is 2. The second-order valence-corrected chi connectivity index (χ2v) is 3.03. The van der Waals surface area contributed by atoms with E-state index in [2.05, 4.69) is 15.4 Å². The molecule has 0 aliphatic rings. The van der Waals surface area contributed by atoms with Crippen LogP contribution in [0, 0.1) is 0 Å². The van der Waals surface area contributed by atoms with E-state index in [0.717, 1.165) is 0 Å². The predicted octanol–water partition coefficient (Wildman–Crippen LogP) is -0.772. The van der Waals surface area contributed by atoms with Crippen LogP contribution >= 0.6 is 0 Å². The van der Waals surface area contributed by atoms with Gasteiger partial charge in [-0.15, -0.1) is 0 Å². The molecule has 0 aliphatic carbocycles. The van der Waals surface area contributed by atoms with Crippen LogP contribution in [0.4, 0.5) is 4.79 Å². The highest BCUT2D eigenvalue weighted by Gasteiger charge is 2.20. The standard InChI is InChI=1S/C8H16N2O4/c1-5(2)9-8(13)10-6(4-11)7(12)14-3/h5-6,11H,4H2,1-3H3,(H2,9,10,13). The molecule has 0 rings (SSSR count). The Morgan fingerprint density at radius 2 is 1.93 bits per heavy atom. The molecule has 0 saturated carbocycles. The topological polar surface area (TPSA) is 87.7 Å². The number of hydrogen-bond acceptors (Lipinski definition) is 4. The molecule has 0 radical (unpaired) electrons. The van der Waals surface area contributed by atoms with Gasteiger partial charge in [0.2, 0.25) is 0 Å². The monoisotopic (exact) mass is 204 g/mol. The first-order valence-electron chi connectivity index (χ1n) is 4.27. The molecular weight excluding hydrogens is 188 g/mol. The molecule has 1 atom stereocenters. The molecule has 0 bridgehead atoms. The fraction of sp³-hybridized carbons (Fsp3) is 0.750. The largest absolute Gasteiger partial charge is 0.467 e. The summed E-state index contributed by atoms with van der Waals surface area (Å²) in [5.74, 6) is -0.675. The van der Waals surface area contributed by atoms with Gasteiger partial charge in [-0.25, -0.2) is 9.59 Å². The Kier molecular flexibility index (Phi) is 5.62. The summed E-state index contributed by atoms with van der Waals surface area (Å²) in [5.41, 5.74) is 0. The second kappa shape index (κ2) is 6.20. The number of carbonyl (C=O) groups is 2. The average Bonchev–Trinajstić information content (AvgIpc) is 2.11. The van der Waals surface area contributed by atoms with Gasteiger partial charge in [0.15, 0.2) is 6.04 Å². The highest BCUT2D eigenvalue weighted by atomic mass is 16.5. The van der Waals surface area contributed by atoms with Crippen LogP contribution in [0.25, 0.3) is 0 Å². The van der Waals surface area contributed by atoms with Gasteiger partial charge in [-0.2, -0.15) is 0 Å². The lowest BCUT2D eigenvalue weighted by molar-refractivity contribution is -0.143. The number of nitrogens with one attached hydrogen (secondary N) is 2. The maximum absolute atomic E-state index is 11.1. The minimum absolute atomic E-state index is 0.0352. The number of aliphatic hydroxyl groups excluding tert-OH is 1. The van der Waals surface area contributed by atoms with Gasteiger partial charge in [0.05, 0.1) is 13.7 Å². The number of aliphatic hydroxyl groups is 1. The molecule has 14 heavy (non-hydrogen) atoms. The van der Waals surface area contributed by atoms with Crippen molar-refractivity contribution in [3.05, 3.63) is 0 Å². The van der Waals surface area contributed by atoms with E-state index in [4.69, 9.17) is 5.11 Å². The van der Waals surface area contributed by atoms with Gasteiger partial charge in [-0.3, -0.25) is 0 Å². The van der Waals surface area contributed by atoms with Crippen molar-refractivity contribution in [2.75, 3.05) is 13.7 Å². The predicted molar refractivity (Wildman–Crippen MR) is 49.7 cm³/mol. The van der Waals surface area contributed by atoms with Crippen LogP contribution < -0.4 is 10.6 Å². The van der Waals surface area contributed by atoms with Crippen molar-refractivity contribution < 1.29 is 19.4 Å². The van der Waals surface area contributed by atoms with Gasteiger partial charge in [0.1, 0.15) is 0 Å². The number of esters is 1. The molecule has 0 saturated heterocycles. The highest BCUT2D eigenvalue weighted by Crippen LogP contribution is 1.87. The number of carbonyl (C=O) groups excluding carboxylic acids is 2. The minimum Gasteiger partial charge on any atom is -0.467 e. The van der Waals surface area contributed by atoms with Gasteiger partial charge in [-0.05, 0) is 13.8 Å². The van der Waals surface area contributed by atoms with Crippen LogP contribution in [0.2, 0.25) is 0 Å². The quantitative estimate of drug-likeness (QED) is 0.525. The molecule has 0 heterocycles. The molecule has 0 aliphatic heterocycles. The van der Waals surface area contributed by atoms with E-state index < -0.39 is 24.6 Å². The normalized spacial score (nSPS) is 12.1. The summed E-state index contributed by atoms with van der Waals surface area (Å²) in [7, 11) is 1.19. The van der Waals surface area contributed by atoms with Crippen molar-refractivity contribution in [2.45, 2.75) is 25.9 Å². The van der Waals surface area contributed by atoms with Crippen molar-refractivity contribution in [3.8, 4) is 0 Å². The molecule has 6 nitrogen and oxygen atoms in total. The summed E-state index contributed by atoms with van der Waals surface area (Å²) in [6.07, 6.45) is 0. The van der Waals surface area contributed by atoms with E-state index in [1.807, 2.05) is 0 Å². The van der Waals surface area contributed by atoms with Crippen LogP contribution in [0.3, 0.4) is 0 Å². The summed E-state index contributed by atoms with van der Waals surface area (Å²) < 4.78 is 4.37. The van der Waals surface area contributed by atoms with Gasteiger partial charge in [0.25, 0.3) is 0 Å². The van der Waals surface area contributed by atoms with Crippen LogP contribution in [-0.2, 0) is 9.53 Å². The Morgan fingerprint density at radius 1 is 1.36 bits per heavy atom. The van der Waals surface area contributed by atoms with Crippen molar-refractivity contribution in [2.24, 2.45) is 0 Å². The second-order valence-electron chi connectivity index (χ2n) is 3.03. The van der Waals surface area contributed by atoms with Crippen LogP contribution in [0.1, 0.15) is 13.8 Å². The summed E-state index contributed by atoms with van der Waals surface area (Å²) in [6.45, 7) is 3.08. The Labute approximate surface area is 82.6 Å². The van der Waals surface area contributed by atoms with E-state index in [0.29, 0.717) is 0 Å². The SMILES string of the molecule is COC(=O)C(CO)NC(=O)NC(C)C. The molecule has 0 aromatic rings. The number of hydrogen-bond donors (Lipinski definition) is 3. The highest BCUT2D eigenvalue weighted by molar-refractivity contribution is 5.83. The van der Waals surface area contributed by atoms with E-state index in [9.17, 15) is 9.59 Å². The summed E-state index contributed by atoms with van der Waals surface area (Å²) >= 11 is 0. The molecule has 0 aromatic carbocycles. The lowest BCUT2D eigenvalue weighted by atomic mass is 10.3. The third kappa shape index (κ3) is 4.66. The van der Waals surface area contributed by atoms with E-state index in [1.165, 1.54) is 7.11 Å². The minimum atomic E-state index is -1.02. The molecule has 0 aromatic heterocycles. The Morgan fingerprint density at radius 3 is 2.29 bits per heavy atom. The Bertz CT molecular complexity index is 206. The first-order valence-corrected chi connectivity index (χ1v) is 4.27. The molecule has 82 valence electrons. The lowest BCUT2D eigenvalue weighted by Gasteiger charge is -2.15. The third-order valence-corrected chi connectivity index (χ3v) is 1.39. The molecule has 2 amide bonds. The van der Waals surface area contributed by atoms with Crippen LogP contribution in [-0.4, -0.2) is 42.9 Å². The summed E-state index contributed by atoms with van der Waals surface area (Å²) in [6, 6.07) is -1.56. The number of urea groups is 1. The van der Waals surface area contributed by atoms with Crippen LogP contribution in [0.15, 0.2) is 0 Å². The third-order valence-electron chi connectivity index (χ3n) is 1.39. The Hall–Kier alpha value is -1.30. The molecule has 0 spiro atoms. The maximum atomic E-state index is 11.1. The van der Waals surface area contributed by atoms with Crippen molar-refractivity contribution in [1.82, 2.24) is 10.6 Å². The average molecular weight is 204 g/mol. The summed E-state index contributed by atoms with van der Waals surface area (Å²) in [5, 5.41) is 13.6. The molecule has 0 fully saturated rings. The maximum Gasteiger partial charge on any atom is 0.330 e. The fourth-order valence-corrected chi connectivity index (χ4v) is 0.783. The van der Waals surface area contributed by atoms with Crippen molar-refractivity contribution >= 4 is 12.0 Å². The number of rotatable bonds is 4. The zero-order valence-corrected chi connectivity index (χ0v) is 8.53. The van der Waals surface area contributed by atoms with E-state index in [1.54, 1.807) is 13.8 Å². The zero-order valence-electron chi connectivity index (χ0n) is 8.53. The van der Waals surface area contributed by atoms with Crippen molar-refractivity contribution in [1.29, 1.82) is 0 Å². The van der Waals surface area contributed by atoms with Gasteiger partial charge in [-0.1, -0.05) is 0 Å². The first kappa shape index (κ1) is 12.7. The van der Waals surface area contributed by atoms with Gasteiger partial charge in [0, 0.05) is 6.04 Å². The molecule has 3 N–H and O–H groups in total. The molecule has 1 unspecified atom stereocenters. The van der Waals surface area contributed by atoms with Crippen LogP contribution in [0.5, 0.6) is 0 Å². The summed E-state index contributed by atoms with van der Waals surface area (Å²) in [4.78, 5) is 22.0. The zero-order chi connectivity index (χ0) is 11.1. The van der Waals surface area contributed by atoms with E-state index in [-0.39, 0.29) is 6.04 Å². The number of ether oxygens (including phenoxy) is 1. The first-order chi connectivity index (χ1) is 6.51. The van der Waals surface area contributed by atoms with Gasteiger partial charge < -0.3 is 20.5 Å². The van der Waals surface area contributed by atoms with Crippen molar-refractivity contribution in [3.63, 3.8) is 0 Å². The molecule has 6 heteroatoms. The number of methoxy groups -OCH3 is 1. The smallest absolute Gasteiger partial charge is 0.330 e. The Balaban J connectivity index is 4.05. The van der Waals surface area contributed by atoms with E-state index >= 15 is 0 Å². The fourth-order valence-electron chi connectivity index (χ4n) is 0.783. The van der Waals surface area contributed by atoms with Gasteiger partial charge >= 0.3 is 12.0 Å².